The minimum Gasteiger partial charge on any atom is -0.508 e. The van der Waals surface area contributed by atoms with Gasteiger partial charge >= 0.3 is 0 Å². The van der Waals surface area contributed by atoms with Crippen molar-refractivity contribution in [2.24, 2.45) is 16.6 Å². The molecule has 0 spiro atoms. The molecule has 76 valence electrons. The van der Waals surface area contributed by atoms with Crippen molar-refractivity contribution in [1.82, 2.24) is 5.43 Å². The molecule has 0 aliphatic heterocycles. The highest BCUT2D eigenvalue weighted by Gasteiger charge is 1.92. The number of aromatic hydroxyl groups is 1. The maximum Gasteiger partial charge on any atom is 0.203 e. The fourth-order valence-corrected chi connectivity index (χ4v) is 1.01. The van der Waals surface area contributed by atoms with Crippen molar-refractivity contribution in [2.75, 3.05) is 6.54 Å². The molecule has 1 aromatic carbocycles. The number of hydrogen-bond acceptors (Lipinski definition) is 3. The van der Waals surface area contributed by atoms with Crippen LogP contribution in [0.5, 0.6) is 5.75 Å². The van der Waals surface area contributed by atoms with E-state index in [9.17, 15) is 0 Å². The van der Waals surface area contributed by atoms with E-state index in [0.717, 1.165) is 12.0 Å². The van der Waals surface area contributed by atoms with E-state index in [0.29, 0.717) is 6.54 Å². The van der Waals surface area contributed by atoms with E-state index in [1.54, 1.807) is 12.1 Å². The molecule has 1 rings (SSSR count). The molecule has 5 heteroatoms. The van der Waals surface area contributed by atoms with Crippen LogP contribution < -0.4 is 17.0 Å². The molecule has 0 radical (unpaired) electrons. The Morgan fingerprint density at radius 3 is 2.57 bits per heavy atom. The van der Waals surface area contributed by atoms with Gasteiger partial charge in [-0.1, -0.05) is 12.1 Å². The maximum absolute atomic E-state index is 9.03. The fourth-order valence-electron chi connectivity index (χ4n) is 1.01. The van der Waals surface area contributed by atoms with Crippen molar-refractivity contribution in [2.45, 2.75) is 6.42 Å². The van der Waals surface area contributed by atoms with Crippen LogP contribution in [-0.2, 0) is 6.42 Å². The summed E-state index contributed by atoms with van der Waals surface area (Å²) < 4.78 is 0. The van der Waals surface area contributed by atoms with Gasteiger partial charge in [0, 0.05) is 6.54 Å². The van der Waals surface area contributed by atoms with E-state index in [4.69, 9.17) is 16.7 Å². The second kappa shape index (κ2) is 5.08. The zero-order valence-electron chi connectivity index (χ0n) is 7.77. The summed E-state index contributed by atoms with van der Waals surface area (Å²) in [5.41, 5.74) is 8.68. The molecule has 0 heterocycles. The molecular formula is C9H14N4O. The van der Waals surface area contributed by atoms with Gasteiger partial charge in [-0.15, -0.1) is 0 Å². The van der Waals surface area contributed by atoms with Gasteiger partial charge in [-0.3, -0.25) is 10.4 Å². The van der Waals surface area contributed by atoms with Gasteiger partial charge in [0.1, 0.15) is 5.75 Å². The van der Waals surface area contributed by atoms with E-state index >= 15 is 0 Å². The van der Waals surface area contributed by atoms with Crippen molar-refractivity contribution in [3.05, 3.63) is 29.8 Å². The molecule has 0 aromatic heterocycles. The maximum atomic E-state index is 9.03. The minimum absolute atomic E-state index is 0.226. The SMILES string of the molecule is NNC(N)=NCCc1ccc(O)cc1. The van der Waals surface area contributed by atoms with Crippen LogP contribution in [0.25, 0.3) is 0 Å². The van der Waals surface area contributed by atoms with Crippen molar-refractivity contribution in [3.63, 3.8) is 0 Å². The number of benzene rings is 1. The fraction of sp³-hybridized carbons (Fsp3) is 0.222. The number of aliphatic imine (C=N–C) groups is 1. The molecule has 0 amide bonds. The summed E-state index contributed by atoms with van der Waals surface area (Å²) in [5.74, 6) is 5.52. The third-order valence-corrected chi connectivity index (χ3v) is 1.77. The third-order valence-electron chi connectivity index (χ3n) is 1.77. The molecule has 6 N–H and O–H groups in total. The van der Waals surface area contributed by atoms with Crippen LogP contribution in [0.4, 0.5) is 0 Å². The molecule has 0 unspecified atom stereocenters. The summed E-state index contributed by atoms with van der Waals surface area (Å²) in [6.45, 7) is 0.570. The Morgan fingerprint density at radius 2 is 2.00 bits per heavy atom. The molecule has 1 aromatic rings. The summed E-state index contributed by atoms with van der Waals surface area (Å²) >= 11 is 0. The lowest BCUT2D eigenvalue weighted by Crippen LogP contribution is -2.37. The lowest BCUT2D eigenvalue weighted by molar-refractivity contribution is 0.475. The van der Waals surface area contributed by atoms with Crippen molar-refractivity contribution in [3.8, 4) is 5.75 Å². The quantitative estimate of drug-likeness (QED) is 0.230. The third kappa shape index (κ3) is 3.32. The summed E-state index contributed by atoms with van der Waals surface area (Å²) in [6.07, 6.45) is 0.767. The van der Waals surface area contributed by atoms with Gasteiger partial charge < -0.3 is 10.8 Å². The highest BCUT2D eigenvalue weighted by molar-refractivity contribution is 5.77. The molecule has 0 atom stereocenters. The van der Waals surface area contributed by atoms with Gasteiger partial charge in [-0.25, -0.2) is 5.84 Å². The average Bonchev–Trinajstić information content (AvgIpc) is 2.21. The van der Waals surface area contributed by atoms with E-state index < -0.39 is 0 Å². The minimum atomic E-state index is 0.226. The molecule has 0 bridgehead atoms. The van der Waals surface area contributed by atoms with E-state index in [2.05, 4.69) is 10.4 Å². The molecule has 0 fully saturated rings. The topological polar surface area (TPSA) is 96.7 Å². The Bertz CT molecular complexity index is 307. The van der Waals surface area contributed by atoms with Gasteiger partial charge in [-0.05, 0) is 24.1 Å². The van der Waals surface area contributed by atoms with Crippen LogP contribution in [0.2, 0.25) is 0 Å². The standard InChI is InChI=1S/C9H14N4O/c10-9(13-11)12-6-5-7-1-3-8(14)4-2-7/h1-4,14H,5-6,11H2,(H3,10,12,13). The van der Waals surface area contributed by atoms with Gasteiger partial charge in [0.05, 0.1) is 0 Å². The zero-order chi connectivity index (χ0) is 10.4. The normalized spacial score (nSPS) is 11.4. The van der Waals surface area contributed by atoms with Crippen molar-refractivity contribution in [1.29, 1.82) is 0 Å². The zero-order valence-corrected chi connectivity index (χ0v) is 7.77. The summed E-state index contributed by atoms with van der Waals surface area (Å²) in [7, 11) is 0. The predicted octanol–water partition coefficient (Wildman–Crippen LogP) is -0.287. The van der Waals surface area contributed by atoms with E-state index in [1.165, 1.54) is 0 Å². The Labute approximate surface area is 82.4 Å². The number of phenols is 1. The number of nitrogens with two attached hydrogens (primary N) is 2. The number of guanidine groups is 1. The Hall–Kier alpha value is -1.75. The first-order valence-corrected chi connectivity index (χ1v) is 4.27. The number of nitrogens with zero attached hydrogens (tertiary/aromatic N) is 1. The van der Waals surface area contributed by atoms with Crippen molar-refractivity contribution < 1.29 is 5.11 Å². The number of nitrogens with one attached hydrogen (secondary N) is 1. The predicted molar refractivity (Wildman–Crippen MR) is 55.6 cm³/mol. The van der Waals surface area contributed by atoms with Gasteiger partial charge in [0.25, 0.3) is 0 Å². The van der Waals surface area contributed by atoms with Crippen LogP contribution in [0.1, 0.15) is 5.56 Å². The Balaban J connectivity index is 2.42. The second-order valence-electron chi connectivity index (χ2n) is 2.83. The van der Waals surface area contributed by atoms with Gasteiger partial charge in [-0.2, -0.15) is 0 Å². The first-order valence-electron chi connectivity index (χ1n) is 4.27. The number of hydrogen-bond donors (Lipinski definition) is 4. The van der Waals surface area contributed by atoms with Crippen LogP contribution in [0.3, 0.4) is 0 Å². The smallest absolute Gasteiger partial charge is 0.203 e. The Kier molecular flexibility index (Phi) is 3.75. The number of hydrazine groups is 1. The molecular weight excluding hydrogens is 180 g/mol. The monoisotopic (exact) mass is 194 g/mol. The van der Waals surface area contributed by atoms with Gasteiger partial charge in [0.2, 0.25) is 5.96 Å². The van der Waals surface area contributed by atoms with Gasteiger partial charge in [0.15, 0.2) is 0 Å². The summed E-state index contributed by atoms with van der Waals surface area (Å²) in [5, 5.41) is 9.03. The highest BCUT2D eigenvalue weighted by atomic mass is 16.3. The van der Waals surface area contributed by atoms with Crippen LogP contribution in [-0.4, -0.2) is 17.6 Å². The largest absolute Gasteiger partial charge is 0.508 e. The van der Waals surface area contributed by atoms with Crippen LogP contribution in [0.15, 0.2) is 29.3 Å². The molecule has 5 nitrogen and oxygen atoms in total. The number of phenolic OH excluding ortho intramolecular Hbond substituents is 1. The van der Waals surface area contributed by atoms with Crippen LogP contribution in [0, 0.1) is 0 Å². The highest BCUT2D eigenvalue weighted by Crippen LogP contribution is 2.09. The first kappa shape index (κ1) is 10.3. The molecule has 0 aliphatic rings. The average molecular weight is 194 g/mol. The lowest BCUT2D eigenvalue weighted by Gasteiger charge is -2.00. The van der Waals surface area contributed by atoms with Crippen molar-refractivity contribution >= 4 is 5.96 Å². The van der Waals surface area contributed by atoms with E-state index in [1.807, 2.05) is 12.1 Å². The first-order chi connectivity index (χ1) is 6.72. The molecule has 0 saturated heterocycles. The van der Waals surface area contributed by atoms with Crippen LogP contribution >= 0.6 is 0 Å². The second-order valence-corrected chi connectivity index (χ2v) is 2.83. The summed E-state index contributed by atoms with van der Waals surface area (Å²) in [6, 6.07) is 6.97. The Morgan fingerprint density at radius 1 is 1.36 bits per heavy atom. The number of rotatable bonds is 3. The molecule has 14 heavy (non-hydrogen) atoms. The molecule has 0 aliphatic carbocycles. The molecule has 0 saturated carbocycles. The lowest BCUT2D eigenvalue weighted by atomic mass is 10.1. The van der Waals surface area contributed by atoms with E-state index in [-0.39, 0.29) is 11.7 Å². The summed E-state index contributed by atoms with van der Waals surface area (Å²) in [4.78, 5) is 3.96.